The summed E-state index contributed by atoms with van der Waals surface area (Å²) >= 11 is 5.03. The van der Waals surface area contributed by atoms with Gasteiger partial charge in [0.15, 0.2) is 0 Å². The maximum Gasteiger partial charge on any atom is 0.221 e. The molecule has 0 aromatic carbocycles. The van der Waals surface area contributed by atoms with Crippen molar-refractivity contribution in [1.82, 2.24) is 5.32 Å². The molecule has 5 heteroatoms. The van der Waals surface area contributed by atoms with Crippen LogP contribution >= 0.6 is 27.7 Å². The van der Waals surface area contributed by atoms with Crippen molar-refractivity contribution in [3.05, 3.63) is 0 Å². The van der Waals surface area contributed by atoms with Gasteiger partial charge >= 0.3 is 0 Å². The lowest BCUT2D eigenvalue weighted by molar-refractivity contribution is -0.121. The molecule has 0 heterocycles. The van der Waals surface area contributed by atoms with Gasteiger partial charge in [-0.2, -0.15) is 11.8 Å². The number of carbonyl (C=O) groups is 1. The van der Waals surface area contributed by atoms with E-state index in [0.29, 0.717) is 13.0 Å². The van der Waals surface area contributed by atoms with E-state index in [2.05, 4.69) is 21.2 Å². The Labute approximate surface area is 98.5 Å². The Kier molecular flexibility index (Phi) is 9.98. The summed E-state index contributed by atoms with van der Waals surface area (Å²) in [6.45, 7) is 0.580. The van der Waals surface area contributed by atoms with Crippen LogP contribution in [0.1, 0.15) is 12.8 Å². The summed E-state index contributed by atoms with van der Waals surface area (Å²) in [7, 11) is 1.65. The van der Waals surface area contributed by atoms with E-state index in [4.69, 9.17) is 4.74 Å². The van der Waals surface area contributed by atoms with Crippen LogP contribution < -0.4 is 5.32 Å². The predicted octanol–water partition coefficient (Wildman–Crippen LogP) is 1.66. The Morgan fingerprint density at radius 2 is 2.36 bits per heavy atom. The molecule has 0 rings (SSSR count). The van der Waals surface area contributed by atoms with E-state index in [9.17, 15) is 4.79 Å². The van der Waals surface area contributed by atoms with Crippen LogP contribution in [0.4, 0.5) is 0 Å². The second-order valence-electron chi connectivity index (χ2n) is 2.94. The van der Waals surface area contributed by atoms with Crippen molar-refractivity contribution in [2.45, 2.75) is 18.9 Å². The molecular weight excluding hydrogens is 266 g/mol. The van der Waals surface area contributed by atoms with Gasteiger partial charge in [0, 0.05) is 24.6 Å². The highest BCUT2D eigenvalue weighted by Crippen LogP contribution is 2.00. The van der Waals surface area contributed by atoms with Crippen molar-refractivity contribution < 1.29 is 9.53 Å². The molecule has 0 saturated carbocycles. The number of carbonyl (C=O) groups excluding carboxylic acids is 1. The van der Waals surface area contributed by atoms with Crippen molar-refractivity contribution in [2.24, 2.45) is 0 Å². The second kappa shape index (κ2) is 9.80. The molecule has 0 spiro atoms. The normalized spacial score (nSPS) is 12.5. The Morgan fingerprint density at radius 3 is 2.86 bits per heavy atom. The van der Waals surface area contributed by atoms with Gasteiger partial charge in [0.1, 0.15) is 0 Å². The molecule has 84 valence electrons. The summed E-state index contributed by atoms with van der Waals surface area (Å²) < 4.78 is 5.02. The van der Waals surface area contributed by atoms with Crippen molar-refractivity contribution in [3.8, 4) is 0 Å². The fourth-order valence-corrected chi connectivity index (χ4v) is 1.97. The molecule has 0 fully saturated rings. The molecule has 0 bridgehead atoms. The van der Waals surface area contributed by atoms with Crippen LogP contribution in [0.15, 0.2) is 0 Å². The summed E-state index contributed by atoms with van der Waals surface area (Å²) in [5.74, 6) is 0.988. The van der Waals surface area contributed by atoms with Crippen molar-refractivity contribution in [2.75, 3.05) is 31.1 Å². The molecule has 0 aliphatic heterocycles. The summed E-state index contributed by atoms with van der Waals surface area (Å²) in [6.07, 6.45) is 3.49. The van der Waals surface area contributed by atoms with Crippen LogP contribution in [-0.4, -0.2) is 43.0 Å². The van der Waals surface area contributed by atoms with Gasteiger partial charge in [0.05, 0.1) is 12.6 Å². The number of amides is 1. The summed E-state index contributed by atoms with van der Waals surface area (Å²) in [6, 6.07) is 0.133. The molecule has 14 heavy (non-hydrogen) atoms. The molecule has 0 aliphatic rings. The fraction of sp³-hybridized carbons (Fsp3) is 0.889. The minimum Gasteiger partial charge on any atom is -0.383 e. The first-order valence-electron chi connectivity index (χ1n) is 4.57. The van der Waals surface area contributed by atoms with Crippen LogP contribution in [0.25, 0.3) is 0 Å². The van der Waals surface area contributed by atoms with E-state index in [1.807, 2.05) is 6.26 Å². The highest BCUT2D eigenvalue weighted by atomic mass is 79.9. The molecule has 3 nitrogen and oxygen atoms in total. The zero-order valence-corrected chi connectivity index (χ0v) is 11.1. The number of nitrogens with one attached hydrogen (secondary N) is 1. The minimum atomic E-state index is 0.113. The fourth-order valence-electron chi connectivity index (χ4n) is 1.02. The lowest BCUT2D eigenvalue weighted by Crippen LogP contribution is -2.38. The number of alkyl halides is 1. The maximum atomic E-state index is 11.4. The monoisotopic (exact) mass is 283 g/mol. The lowest BCUT2D eigenvalue weighted by Gasteiger charge is -2.16. The Morgan fingerprint density at radius 1 is 1.64 bits per heavy atom. The van der Waals surface area contributed by atoms with Gasteiger partial charge in [-0.1, -0.05) is 15.9 Å². The quantitative estimate of drug-likeness (QED) is 0.689. The van der Waals surface area contributed by atoms with Crippen LogP contribution in [0.3, 0.4) is 0 Å². The van der Waals surface area contributed by atoms with Crippen LogP contribution in [0.2, 0.25) is 0 Å². The highest BCUT2D eigenvalue weighted by Gasteiger charge is 2.10. The van der Waals surface area contributed by atoms with E-state index >= 15 is 0 Å². The van der Waals surface area contributed by atoms with Crippen LogP contribution in [0.5, 0.6) is 0 Å². The van der Waals surface area contributed by atoms with Crippen LogP contribution in [-0.2, 0) is 9.53 Å². The van der Waals surface area contributed by atoms with Gasteiger partial charge in [0.2, 0.25) is 5.91 Å². The average molecular weight is 284 g/mol. The zero-order valence-electron chi connectivity index (χ0n) is 8.72. The third-order valence-corrected chi connectivity index (χ3v) is 2.79. The molecule has 1 N–H and O–H groups in total. The van der Waals surface area contributed by atoms with Gasteiger partial charge in [-0.25, -0.2) is 0 Å². The van der Waals surface area contributed by atoms with Gasteiger partial charge < -0.3 is 10.1 Å². The molecule has 0 radical (unpaired) electrons. The smallest absolute Gasteiger partial charge is 0.221 e. The number of hydrogen-bond donors (Lipinski definition) is 1. The second-order valence-corrected chi connectivity index (χ2v) is 4.72. The number of hydrogen-bond acceptors (Lipinski definition) is 3. The third-order valence-electron chi connectivity index (χ3n) is 1.72. The maximum absolute atomic E-state index is 11.4. The van der Waals surface area contributed by atoms with Gasteiger partial charge in [0.25, 0.3) is 0 Å². The van der Waals surface area contributed by atoms with E-state index < -0.39 is 0 Å². The molecule has 0 aliphatic carbocycles. The molecule has 0 saturated heterocycles. The number of halogens is 1. The SMILES string of the molecule is COCC(CCBr)NC(=O)CCSC. The third kappa shape index (κ3) is 7.64. The molecule has 1 atom stereocenters. The molecular formula is C9H18BrNO2S. The van der Waals surface area contributed by atoms with E-state index in [-0.39, 0.29) is 11.9 Å². The largest absolute Gasteiger partial charge is 0.383 e. The number of ether oxygens (including phenoxy) is 1. The zero-order chi connectivity index (χ0) is 10.8. The topological polar surface area (TPSA) is 38.3 Å². The number of thioether (sulfide) groups is 1. The molecule has 1 unspecified atom stereocenters. The summed E-state index contributed by atoms with van der Waals surface area (Å²) in [5, 5.41) is 3.83. The standard InChI is InChI=1S/C9H18BrNO2S/c1-13-7-8(3-5-10)11-9(12)4-6-14-2/h8H,3-7H2,1-2H3,(H,11,12). The number of rotatable bonds is 8. The first-order valence-corrected chi connectivity index (χ1v) is 7.09. The van der Waals surface area contributed by atoms with Crippen LogP contribution in [0, 0.1) is 0 Å². The summed E-state index contributed by atoms with van der Waals surface area (Å²) in [4.78, 5) is 11.4. The Bertz CT molecular complexity index is 152. The lowest BCUT2D eigenvalue weighted by atomic mass is 10.2. The van der Waals surface area contributed by atoms with Gasteiger partial charge in [-0.15, -0.1) is 0 Å². The predicted molar refractivity (Wildman–Crippen MR) is 65.2 cm³/mol. The van der Waals surface area contributed by atoms with Crippen molar-refractivity contribution >= 4 is 33.6 Å². The average Bonchev–Trinajstić information content (AvgIpc) is 2.15. The molecule has 0 aromatic rings. The Hall–Kier alpha value is 0.260. The molecule has 1 amide bonds. The number of methoxy groups -OCH3 is 1. The van der Waals surface area contributed by atoms with E-state index in [1.165, 1.54) is 0 Å². The minimum absolute atomic E-state index is 0.113. The van der Waals surface area contributed by atoms with Gasteiger partial charge in [-0.3, -0.25) is 4.79 Å². The van der Waals surface area contributed by atoms with E-state index in [1.54, 1.807) is 18.9 Å². The first kappa shape index (κ1) is 14.3. The van der Waals surface area contributed by atoms with Crippen molar-refractivity contribution in [3.63, 3.8) is 0 Å². The van der Waals surface area contributed by atoms with Gasteiger partial charge in [-0.05, 0) is 12.7 Å². The first-order chi connectivity index (χ1) is 6.74. The van der Waals surface area contributed by atoms with Crippen molar-refractivity contribution in [1.29, 1.82) is 0 Å². The van der Waals surface area contributed by atoms with E-state index in [0.717, 1.165) is 17.5 Å². The highest BCUT2D eigenvalue weighted by molar-refractivity contribution is 9.09. The summed E-state index contributed by atoms with van der Waals surface area (Å²) in [5.41, 5.74) is 0. The Balaban J connectivity index is 3.71. The molecule has 0 aromatic heterocycles.